The molecule has 0 saturated heterocycles. The molecular weight excluding hydrogens is 156 g/mol. The number of halogens is 1. The lowest BCUT2D eigenvalue weighted by Crippen LogP contribution is -2.06. The van der Waals surface area contributed by atoms with Crippen LogP contribution in [-0.2, 0) is 9.59 Å². The molecule has 1 atom stereocenters. The summed E-state index contributed by atoms with van der Waals surface area (Å²) in [6.45, 7) is 0. The molecule has 0 saturated carbocycles. The maximum absolute atomic E-state index is 10.1. The average Bonchev–Trinajstić information content (AvgIpc) is 1.90. The fourth-order valence-corrected chi connectivity index (χ4v) is 0.717. The van der Waals surface area contributed by atoms with Crippen LogP contribution in [0.3, 0.4) is 0 Å². The van der Waals surface area contributed by atoms with Gasteiger partial charge in [0.15, 0.2) is 0 Å². The number of aldehydes is 1. The summed E-state index contributed by atoms with van der Waals surface area (Å²) in [6.07, 6.45) is 1.04. The number of hydrogen-bond donors (Lipinski definition) is 1. The molecule has 58 valence electrons. The van der Waals surface area contributed by atoms with Crippen LogP contribution in [0.25, 0.3) is 0 Å². The molecule has 0 spiro atoms. The lowest BCUT2D eigenvalue weighted by Gasteiger charge is -2.00. The Kier molecular flexibility index (Phi) is 4.94. The zero-order valence-electron chi connectivity index (χ0n) is 5.42. The van der Waals surface area contributed by atoms with Gasteiger partial charge in [0.1, 0.15) is 6.29 Å². The second kappa shape index (κ2) is 5.23. The molecular formula is C6H9ClO3. The van der Waals surface area contributed by atoms with Crippen molar-refractivity contribution in [2.75, 3.05) is 5.88 Å². The van der Waals surface area contributed by atoms with E-state index in [1.807, 2.05) is 0 Å². The van der Waals surface area contributed by atoms with Crippen LogP contribution in [0.1, 0.15) is 12.8 Å². The molecule has 0 aromatic rings. The Morgan fingerprint density at radius 2 is 2.30 bits per heavy atom. The van der Waals surface area contributed by atoms with Crippen LogP contribution in [0, 0.1) is 5.92 Å². The maximum Gasteiger partial charge on any atom is 0.303 e. The fraction of sp³-hybridized carbons (Fsp3) is 0.667. The molecule has 0 heterocycles. The highest BCUT2D eigenvalue weighted by Crippen LogP contribution is 2.04. The standard InChI is InChI=1S/C6H9ClO3/c7-3-5(4-8)1-2-6(9)10/h4-5H,1-3H2,(H,9,10). The topological polar surface area (TPSA) is 54.4 Å². The zero-order valence-corrected chi connectivity index (χ0v) is 6.17. The van der Waals surface area contributed by atoms with Gasteiger partial charge in [0, 0.05) is 18.2 Å². The van der Waals surface area contributed by atoms with Gasteiger partial charge in [-0.05, 0) is 6.42 Å². The highest BCUT2D eigenvalue weighted by atomic mass is 35.5. The largest absolute Gasteiger partial charge is 0.481 e. The summed E-state index contributed by atoms with van der Waals surface area (Å²) in [5.74, 6) is -0.994. The van der Waals surface area contributed by atoms with Gasteiger partial charge in [-0.2, -0.15) is 0 Å². The summed E-state index contributed by atoms with van der Waals surface area (Å²) in [5, 5.41) is 8.19. The van der Waals surface area contributed by atoms with E-state index in [1.54, 1.807) is 0 Å². The fourth-order valence-electron chi connectivity index (χ4n) is 0.490. The van der Waals surface area contributed by atoms with Crippen LogP contribution in [-0.4, -0.2) is 23.2 Å². The molecule has 4 heteroatoms. The first kappa shape index (κ1) is 9.43. The van der Waals surface area contributed by atoms with E-state index in [2.05, 4.69) is 0 Å². The molecule has 0 aromatic heterocycles. The van der Waals surface area contributed by atoms with Gasteiger partial charge in [0.05, 0.1) is 0 Å². The smallest absolute Gasteiger partial charge is 0.303 e. The Balaban J connectivity index is 3.44. The highest BCUT2D eigenvalue weighted by Gasteiger charge is 2.07. The van der Waals surface area contributed by atoms with Gasteiger partial charge >= 0.3 is 5.97 Å². The van der Waals surface area contributed by atoms with Gasteiger partial charge in [-0.25, -0.2) is 0 Å². The Labute approximate surface area is 64.0 Å². The number of alkyl halides is 1. The van der Waals surface area contributed by atoms with E-state index in [4.69, 9.17) is 16.7 Å². The maximum atomic E-state index is 10.1. The summed E-state index contributed by atoms with van der Waals surface area (Å²) in [6, 6.07) is 0. The molecule has 10 heavy (non-hydrogen) atoms. The SMILES string of the molecule is O=CC(CCl)CCC(=O)O. The first-order valence-corrected chi connectivity index (χ1v) is 3.47. The number of hydrogen-bond acceptors (Lipinski definition) is 2. The molecule has 0 fully saturated rings. The van der Waals surface area contributed by atoms with Crippen molar-refractivity contribution in [3.05, 3.63) is 0 Å². The third kappa shape index (κ3) is 4.32. The van der Waals surface area contributed by atoms with E-state index < -0.39 is 5.97 Å². The lowest BCUT2D eigenvalue weighted by atomic mass is 10.1. The number of aliphatic carboxylic acids is 1. The Morgan fingerprint density at radius 3 is 2.60 bits per heavy atom. The first-order chi connectivity index (χ1) is 4.70. The Morgan fingerprint density at radius 1 is 1.70 bits per heavy atom. The minimum atomic E-state index is -0.892. The molecule has 0 aliphatic rings. The monoisotopic (exact) mass is 164 g/mol. The van der Waals surface area contributed by atoms with Crippen molar-refractivity contribution >= 4 is 23.9 Å². The summed E-state index contributed by atoms with van der Waals surface area (Å²) in [4.78, 5) is 20.0. The molecule has 0 bridgehead atoms. The number of carboxylic acid groups (broad SMARTS) is 1. The third-order valence-electron chi connectivity index (χ3n) is 1.12. The average molecular weight is 165 g/mol. The van der Waals surface area contributed by atoms with E-state index in [0.717, 1.165) is 0 Å². The summed E-state index contributed by atoms with van der Waals surface area (Å²) < 4.78 is 0. The van der Waals surface area contributed by atoms with Crippen molar-refractivity contribution in [3.63, 3.8) is 0 Å². The molecule has 0 rings (SSSR count). The van der Waals surface area contributed by atoms with Crippen molar-refractivity contribution in [2.45, 2.75) is 12.8 Å². The van der Waals surface area contributed by atoms with E-state index in [-0.39, 0.29) is 18.2 Å². The first-order valence-electron chi connectivity index (χ1n) is 2.93. The molecule has 1 N–H and O–H groups in total. The lowest BCUT2D eigenvalue weighted by molar-refractivity contribution is -0.137. The van der Waals surface area contributed by atoms with E-state index in [0.29, 0.717) is 12.7 Å². The molecule has 0 aliphatic carbocycles. The van der Waals surface area contributed by atoms with Gasteiger partial charge in [-0.15, -0.1) is 11.6 Å². The van der Waals surface area contributed by atoms with Crippen LogP contribution >= 0.6 is 11.6 Å². The van der Waals surface area contributed by atoms with Gasteiger partial charge in [0.2, 0.25) is 0 Å². The molecule has 1 unspecified atom stereocenters. The predicted octanol–water partition coefficient (Wildman–Crippen LogP) is 0.905. The van der Waals surface area contributed by atoms with Gasteiger partial charge in [-0.1, -0.05) is 0 Å². The quantitative estimate of drug-likeness (QED) is 0.485. The van der Waals surface area contributed by atoms with Crippen molar-refractivity contribution < 1.29 is 14.7 Å². The van der Waals surface area contributed by atoms with Crippen LogP contribution in [0.15, 0.2) is 0 Å². The minimum absolute atomic E-state index is 0.0100. The minimum Gasteiger partial charge on any atom is -0.481 e. The zero-order chi connectivity index (χ0) is 7.98. The number of carbonyl (C=O) groups is 2. The summed E-state index contributed by atoms with van der Waals surface area (Å²) in [5.41, 5.74) is 0. The van der Waals surface area contributed by atoms with Crippen LogP contribution in [0.5, 0.6) is 0 Å². The van der Waals surface area contributed by atoms with E-state index >= 15 is 0 Å². The van der Waals surface area contributed by atoms with Crippen molar-refractivity contribution in [1.29, 1.82) is 0 Å². The number of rotatable bonds is 5. The summed E-state index contributed by atoms with van der Waals surface area (Å²) >= 11 is 5.33. The van der Waals surface area contributed by atoms with E-state index in [1.165, 1.54) is 0 Å². The number of carbonyl (C=O) groups excluding carboxylic acids is 1. The van der Waals surface area contributed by atoms with Gasteiger partial charge in [-0.3, -0.25) is 4.79 Å². The Hall–Kier alpha value is -0.570. The molecule has 0 radical (unpaired) electrons. The summed E-state index contributed by atoms with van der Waals surface area (Å²) in [7, 11) is 0. The molecule has 0 amide bonds. The third-order valence-corrected chi connectivity index (χ3v) is 1.52. The second-order valence-electron chi connectivity index (χ2n) is 1.98. The normalized spacial score (nSPS) is 12.5. The second-order valence-corrected chi connectivity index (χ2v) is 2.29. The Bertz CT molecular complexity index is 124. The van der Waals surface area contributed by atoms with Crippen molar-refractivity contribution in [2.24, 2.45) is 5.92 Å². The molecule has 3 nitrogen and oxygen atoms in total. The van der Waals surface area contributed by atoms with Gasteiger partial charge in [0.25, 0.3) is 0 Å². The van der Waals surface area contributed by atoms with Crippen LogP contribution in [0.2, 0.25) is 0 Å². The highest BCUT2D eigenvalue weighted by molar-refractivity contribution is 6.18. The predicted molar refractivity (Wildman–Crippen MR) is 37.1 cm³/mol. The van der Waals surface area contributed by atoms with Crippen molar-refractivity contribution in [1.82, 2.24) is 0 Å². The molecule has 0 aliphatic heterocycles. The number of carboxylic acids is 1. The van der Waals surface area contributed by atoms with Crippen LogP contribution < -0.4 is 0 Å². The van der Waals surface area contributed by atoms with Crippen molar-refractivity contribution in [3.8, 4) is 0 Å². The van der Waals surface area contributed by atoms with E-state index in [9.17, 15) is 9.59 Å². The van der Waals surface area contributed by atoms with Crippen LogP contribution in [0.4, 0.5) is 0 Å². The van der Waals surface area contributed by atoms with Gasteiger partial charge < -0.3 is 9.90 Å². The molecule has 0 aromatic carbocycles.